The van der Waals surface area contributed by atoms with Crippen LogP contribution in [0.1, 0.15) is 13.3 Å². The van der Waals surface area contributed by atoms with Crippen molar-refractivity contribution in [2.24, 2.45) is 5.92 Å². The number of carboxylic acids is 2. The fourth-order valence-corrected chi connectivity index (χ4v) is 0.925. The monoisotopic (exact) mass is 302 g/mol. The first-order valence-corrected chi connectivity index (χ1v) is 4.70. The van der Waals surface area contributed by atoms with E-state index < -0.39 is 21.1 Å². The number of hydrogen-bond acceptors (Lipinski definition) is 2. The summed E-state index contributed by atoms with van der Waals surface area (Å²) >= 11 is 5.79. The third-order valence-corrected chi connectivity index (χ3v) is 3.63. The zero-order chi connectivity index (χ0) is 9.94. The molecule has 1 atom stereocenters. The van der Waals surface area contributed by atoms with Crippen molar-refractivity contribution >= 4 is 43.8 Å². The topological polar surface area (TPSA) is 74.6 Å². The molecule has 0 saturated heterocycles. The number of rotatable bonds is 4. The Bertz CT molecular complexity index is 202. The maximum atomic E-state index is 10.6. The van der Waals surface area contributed by atoms with Gasteiger partial charge in [0.1, 0.15) is 0 Å². The Balaban J connectivity index is 4.35. The first-order valence-electron chi connectivity index (χ1n) is 3.11. The van der Waals surface area contributed by atoms with Crippen LogP contribution >= 0.6 is 31.9 Å². The van der Waals surface area contributed by atoms with E-state index in [1.165, 1.54) is 6.92 Å². The van der Waals surface area contributed by atoms with E-state index in [1.54, 1.807) is 0 Å². The minimum Gasteiger partial charge on any atom is -0.481 e. The van der Waals surface area contributed by atoms with Crippen LogP contribution in [-0.2, 0) is 9.59 Å². The van der Waals surface area contributed by atoms with Crippen LogP contribution < -0.4 is 0 Å². The Morgan fingerprint density at radius 3 is 2.08 bits per heavy atom. The molecular formula is C6H8Br2O4. The zero-order valence-corrected chi connectivity index (χ0v) is 9.42. The summed E-state index contributed by atoms with van der Waals surface area (Å²) < 4.78 is -1.35. The van der Waals surface area contributed by atoms with Gasteiger partial charge in [-0.1, -0.05) is 38.8 Å². The van der Waals surface area contributed by atoms with E-state index in [1.807, 2.05) is 0 Å². The van der Waals surface area contributed by atoms with Crippen LogP contribution in [0.5, 0.6) is 0 Å². The highest BCUT2D eigenvalue weighted by Crippen LogP contribution is 2.36. The maximum absolute atomic E-state index is 10.6. The molecule has 0 aromatic carbocycles. The summed E-state index contributed by atoms with van der Waals surface area (Å²) in [5.74, 6) is -2.68. The molecule has 0 aromatic heterocycles. The van der Waals surface area contributed by atoms with Gasteiger partial charge in [-0.05, 0) is 0 Å². The summed E-state index contributed by atoms with van der Waals surface area (Å²) in [6.07, 6.45) is -0.206. The van der Waals surface area contributed by atoms with E-state index in [4.69, 9.17) is 10.2 Å². The summed E-state index contributed by atoms with van der Waals surface area (Å²) in [5, 5.41) is 17.0. The molecule has 0 fully saturated rings. The third kappa shape index (κ3) is 3.10. The van der Waals surface area contributed by atoms with Crippen LogP contribution in [0.3, 0.4) is 0 Å². The fraction of sp³-hybridized carbons (Fsp3) is 0.667. The lowest BCUT2D eigenvalue weighted by atomic mass is 10.0. The molecule has 0 saturated carbocycles. The normalized spacial score (nSPS) is 13.9. The SMILES string of the molecule is CC(CC(=O)O)C(Br)(Br)C(=O)O. The standard InChI is InChI=1S/C6H8Br2O4/c1-3(2-4(9)10)6(7,8)5(11)12/h3H,2H2,1H3,(H,9,10)(H,11,12). The molecule has 2 N–H and O–H groups in total. The van der Waals surface area contributed by atoms with E-state index in [-0.39, 0.29) is 6.42 Å². The molecule has 0 aromatic rings. The van der Waals surface area contributed by atoms with Gasteiger partial charge in [-0.2, -0.15) is 0 Å². The van der Waals surface area contributed by atoms with Crippen LogP contribution in [-0.4, -0.2) is 25.4 Å². The Hall–Kier alpha value is -0.100. The Morgan fingerprint density at radius 1 is 1.42 bits per heavy atom. The van der Waals surface area contributed by atoms with Crippen LogP contribution in [0.2, 0.25) is 0 Å². The smallest absolute Gasteiger partial charge is 0.331 e. The van der Waals surface area contributed by atoms with Crippen molar-refractivity contribution in [3.63, 3.8) is 0 Å². The van der Waals surface area contributed by atoms with Gasteiger partial charge < -0.3 is 10.2 Å². The van der Waals surface area contributed by atoms with Gasteiger partial charge in [0.15, 0.2) is 3.23 Å². The summed E-state index contributed by atoms with van der Waals surface area (Å²) in [4.78, 5) is 20.8. The average molecular weight is 304 g/mol. The highest BCUT2D eigenvalue weighted by molar-refractivity contribution is 9.25. The van der Waals surface area contributed by atoms with Crippen LogP contribution in [0.15, 0.2) is 0 Å². The van der Waals surface area contributed by atoms with E-state index >= 15 is 0 Å². The zero-order valence-electron chi connectivity index (χ0n) is 6.25. The highest BCUT2D eigenvalue weighted by Gasteiger charge is 2.39. The minimum absolute atomic E-state index is 0.206. The summed E-state index contributed by atoms with van der Waals surface area (Å²) in [5.41, 5.74) is 0. The van der Waals surface area contributed by atoms with Gasteiger partial charge in [-0.15, -0.1) is 0 Å². The minimum atomic E-state index is -1.35. The molecule has 0 spiro atoms. The van der Waals surface area contributed by atoms with E-state index in [0.29, 0.717) is 0 Å². The predicted molar refractivity (Wildman–Crippen MR) is 49.6 cm³/mol. The summed E-state index contributed by atoms with van der Waals surface area (Å²) in [6.45, 7) is 1.53. The second-order valence-electron chi connectivity index (χ2n) is 2.43. The first kappa shape index (κ1) is 11.9. The average Bonchev–Trinajstić information content (AvgIpc) is 1.85. The molecule has 0 aliphatic carbocycles. The molecule has 0 bridgehead atoms. The lowest BCUT2D eigenvalue weighted by molar-refractivity contribution is -0.140. The maximum Gasteiger partial charge on any atom is 0.331 e. The van der Waals surface area contributed by atoms with Crippen LogP contribution in [0.4, 0.5) is 0 Å². The van der Waals surface area contributed by atoms with Gasteiger partial charge in [0.25, 0.3) is 0 Å². The molecule has 70 valence electrons. The highest BCUT2D eigenvalue weighted by atomic mass is 79.9. The van der Waals surface area contributed by atoms with Crippen molar-refractivity contribution in [2.75, 3.05) is 0 Å². The Morgan fingerprint density at radius 2 is 1.83 bits per heavy atom. The van der Waals surface area contributed by atoms with E-state index in [0.717, 1.165) is 0 Å². The molecule has 0 aliphatic heterocycles. The molecular weight excluding hydrogens is 296 g/mol. The van der Waals surface area contributed by atoms with Crippen molar-refractivity contribution in [2.45, 2.75) is 16.6 Å². The van der Waals surface area contributed by atoms with Gasteiger partial charge in [0, 0.05) is 5.92 Å². The molecule has 4 nitrogen and oxygen atoms in total. The lowest BCUT2D eigenvalue weighted by Gasteiger charge is -2.21. The largest absolute Gasteiger partial charge is 0.481 e. The van der Waals surface area contributed by atoms with Gasteiger partial charge in [0.05, 0.1) is 6.42 Å². The van der Waals surface area contributed by atoms with Gasteiger partial charge in [-0.25, -0.2) is 4.79 Å². The Labute approximate surface area is 86.2 Å². The van der Waals surface area contributed by atoms with Gasteiger partial charge in [0.2, 0.25) is 0 Å². The van der Waals surface area contributed by atoms with Crippen molar-refractivity contribution in [1.82, 2.24) is 0 Å². The van der Waals surface area contributed by atoms with E-state index in [9.17, 15) is 9.59 Å². The first-order chi connectivity index (χ1) is 5.28. The van der Waals surface area contributed by atoms with Gasteiger partial charge >= 0.3 is 11.9 Å². The summed E-state index contributed by atoms with van der Waals surface area (Å²) in [6, 6.07) is 0. The van der Waals surface area contributed by atoms with Crippen LogP contribution in [0, 0.1) is 5.92 Å². The van der Waals surface area contributed by atoms with Crippen molar-refractivity contribution < 1.29 is 19.8 Å². The number of hydrogen-bond donors (Lipinski definition) is 2. The van der Waals surface area contributed by atoms with Gasteiger partial charge in [-0.3, -0.25) is 4.79 Å². The number of aliphatic carboxylic acids is 2. The molecule has 0 rings (SSSR count). The van der Waals surface area contributed by atoms with Crippen molar-refractivity contribution in [3.8, 4) is 0 Å². The molecule has 0 heterocycles. The molecule has 0 radical (unpaired) electrons. The lowest BCUT2D eigenvalue weighted by Crippen LogP contribution is -2.33. The number of halogens is 2. The number of alkyl halides is 2. The predicted octanol–water partition coefficient (Wildman–Crippen LogP) is 1.67. The molecule has 0 aliphatic rings. The third-order valence-electron chi connectivity index (χ3n) is 1.38. The van der Waals surface area contributed by atoms with Crippen LogP contribution in [0.25, 0.3) is 0 Å². The molecule has 12 heavy (non-hydrogen) atoms. The quantitative estimate of drug-likeness (QED) is 0.775. The van der Waals surface area contributed by atoms with Crippen molar-refractivity contribution in [3.05, 3.63) is 0 Å². The molecule has 6 heteroatoms. The summed E-state index contributed by atoms with van der Waals surface area (Å²) in [7, 11) is 0. The second-order valence-corrected chi connectivity index (χ2v) is 5.99. The molecule has 1 unspecified atom stereocenters. The number of carboxylic acid groups (broad SMARTS) is 2. The molecule has 0 amide bonds. The van der Waals surface area contributed by atoms with Crippen molar-refractivity contribution in [1.29, 1.82) is 0 Å². The second kappa shape index (κ2) is 4.23. The number of carbonyl (C=O) groups is 2. The van der Waals surface area contributed by atoms with E-state index in [2.05, 4.69) is 31.9 Å². The fourth-order valence-electron chi connectivity index (χ4n) is 0.601. The Kier molecular flexibility index (Phi) is 4.19.